The number of benzene rings is 1. The van der Waals surface area contributed by atoms with Gasteiger partial charge in [-0.25, -0.2) is 9.78 Å². The topological polar surface area (TPSA) is 71.1 Å². The van der Waals surface area contributed by atoms with Crippen LogP contribution >= 0.6 is 11.8 Å². The Morgan fingerprint density at radius 3 is 2.58 bits per heavy atom. The van der Waals surface area contributed by atoms with E-state index in [1.54, 1.807) is 25.8 Å². The molecule has 3 aromatic rings. The zero-order valence-electron chi connectivity index (χ0n) is 13.9. The van der Waals surface area contributed by atoms with Gasteiger partial charge < -0.3 is 9.30 Å². The Morgan fingerprint density at radius 1 is 1.12 bits per heavy atom. The number of aryl methyl sites for hydroxylation is 2. The summed E-state index contributed by atoms with van der Waals surface area (Å²) in [5.41, 5.74) is 1.20. The first kappa shape index (κ1) is 16.4. The van der Waals surface area contributed by atoms with Crippen LogP contribution in [-0.2, 0) is 26.9 Å². The minimum absolute atomic E-state index is 0.337. The van der Waals surface area contributed by atoms with Crippen LogP contribution in [0.2, 0.25) is 0 Å². The molecule has 1 aromatic carbocycles. The molecule has 8 heteroatoms. The third kappa shape index (κ3) is 2.62. The van der Waals surface area contributed by atoms with Crippen LogP contribution in [0.3, 0.4) is 0 Å². The zero-order valence-corrected chi connectivity index (χ0v) is 14.8. The molecule has 0 radical (unpaired) electrons. The highest BCUT2D eigenvalue weighted by atomic mass is 32.2. The van der Waals surface area contributed by atoms with Crippen LogP contribution in [0.5, 0.6) is 5.75 Å². The predicted molar refractivity (Wildman–Crippen MR) is 93.8 cm³/mol. The summed E-state index contributed by atoms with van der Waals surface area (Å²) < 4.78 is 9.46. The van der Waals surface area contributed by atoms with Crippen molar-refractivity contribution < 1.29 is 4.74 Å². The van der Waals surface area contributed by atoms with Crippen molar-refractivity contribution in [1.29, 1.82) is 0 Å². The van der Waals surface area contributed by atoms with Gasteiger partial charge in [0.2, 0.25) is 0 Å². The van der Waals surface area contributed by atoms with Crippen molar-refractivity contribution in [2.75, 3.05) is 7.11 Å². The molecule has 0 spiro atoms. The van der Waals surface area contributed by atoms with Crippen LogP contribution < -0.4 is 16.0 Å². The summed E-state index contributed by atoms with van der Waals surface area (Å²) in [6.45, 7) is 0. The highest BCUT2D eigenvalue weighted by Crippen LogP contribution is 2.25. The number of hydrogen-bond donors (Lipinski definition) is 0. The molecule has 0 aliphatic rings. The Bertz CT molecular complexity index is 1030. The lowest BCUT2D eigenvalue weighted by molar-refractivity contribution is 0.414. The summed E-state index contributed by atoms with van der Waals surface area (Å²) in [5.74, 6) is 1.48. The van der Waals surface area contributed by atoms with Crippen LogP contribution in [0.15, 0.2) is 39.0 Å². The van der Waals surface area contributed by atoms with Gasteiger partial charge in [0.25, 0.3) is 5.56 Å². The van der Waals surface area contributed by atoms with Gasteiger partial charge in [-0.05, 0) is 17.7 Å². The van der Waals surface area contributed by atoms with Crippen molar-refractivity contribution in [1.82, 2.24) is 18.7 Å². The Morgan fingerprint density at radius 2 is 1.88 bits per heavy atom. The summed E-state index contributed by atoms with van der Waals surface area (Å²) in [6.07, 6.45) is 0. The van der Waals surface area contributed by atoms with Crippen LogP contribution in [0.25, 0.3) is 11.2 Å². The summed E-state index contributed by atoms with van der Waals surface area (Å²) in [4.78, 5) is 28.9. The quantitative estimate of drug-likeness (QED) is 0.666. The van der Waals surface area contributed by atoms with Gasteiger partial charge in [-0.2, -0.15) is 0 Å². The second-order valence-corrected chi connectivity index (χ2v) is 6.41. The number of rotatable bonds is 4. The standard InChI is InChI=1S/C16H18N4O3S/c1-18-12-13(19(2)16(22)20(3)14(12)21)17-15(18)24-9-10-6-5-7-11(8-10)23-4/h5-8H,9H2,1-4H3. The number of fused-ring (bicyclic) bond motifs is 1. The van der Waals surface area contributed by atoms with Crippen LogP contribution in [0.4, 0.5) is 0 Å². The predicted octanol–water partition coefficient (Wildman–Crippen LogP) is 1.27. The number of nitrogens with zero attached hydrogens (tertiary/aromatic N) is 4. The molecule has 0 unspecified atom stereocenters. The second kappa shape index (κ2) is 6.20. The molecular formula is C16H18N4O3S. The van der Waals surface area contributed by atoms with Crippen molar-refractivity contribution in [3.05, 3.63) is 50.7 Å². The van der Waals surface area contributed by atoms with Gasteiger partial charge in [0.15, 0.2) is 16.3 Å². The van der Waals surface area contributed by atoms with Gasteiger partial charge in [-0.15, -0.1) is 0 Å². The third-order valence-electron chi connectivity index (χ3n) is 3.94. The number of imidazole rings is 1. The average Bonchev–Trinajstić information content (AvgIpc) is 2.93. The largest absolute Gasteiger partial charge is 0.497 e. The van der Waals surface area contributed by atoms with Crippen LogP contribution in [0, 0.1) is 0 Å². The van der Waals surface area contributed by atoms with Gasteiger partial charge in [-0.3, -0.25) is 13.9 Å². The van der Waals surface area contributed by atoms with Crippen molar-refractivity contribution in [3.8, 4) is 5.75 Å². The van der Waals surface area contributed by atoms with Crippen molar-refractivity contribution in [2.45, 2.75) is 10.9 Å². The second-order valence-electron chi connectivity index (χ2n) is 5.47. The molecular weight excluding hydrogens is 328 g/mol. The molecule has 0 aliphatic heterocycles. The molecule has 0 N–H and O–H groups in total. The van der Waals surface area contributed by atoms with E-state index in [0.29, 0.717) is 22.1 Å². The van der Waals surface area contributed by atoms with Crippen molar-refractivity contribution >= 4 is 22.9 Å². The van der Waals surface area contributed by atoms with E-state index in [0.717, 1.165) is 15.9 Å². The van der Waals surface area contributed by atoms with Crippen LogP contribution in [-0.4, -0.2) is 25.8 Å². The molecule has 0 bridgehead atoms. The van der Waals surface area contributed by atoms with Gasteiger partial charge in [0, 0.05) is 26.9 Å². The lowest BCUT2D eigenvalue weighted by Gasteiger charge is -2.05. The van der Waals surface area contributed by atoms with Gasteiger partial charge in [0.05, 0.1) is 7.11 Å². The van der Waals surface area contributed by atoms with E-state index in [4.69, 9.17) is 4.74 Å². The fourth-order valence-electron chi connectivity index (χ4n) is 2.54. The molecule has 0 atom stereocenters. The smallest absolute Gasteiger partial charge is 0.332 e. The number of aromatic nitrogens is 4. The van der Waals surface area contributed by atoms with E-state index >= 15 is 0 Å². The van der Waals surface area contributed by atoms with Crippen molar-refractivity contribution in [3.63, 3.8) is 0 Å². The lowest BCUT2D eigenvalue weighted by atomic mass is 10.2. The molecule has 126 valence electrons. The van der Waals surface area contributed by atoms with E-state index in [1.165, 1.54) is 23.4 Å². The minimum Gasteiger partial charge on any atom is -0.497 e. The van der Waals surface area contributed by atoms with Gasteiger partial charge >= 0.3 is 5.69 Å². The molecule has 7 nitrogen and oxygen atoms in total. The van der Waals surface area contributed by atoms with E-state index in [-0.39, 0.29) is 11.2 Å². The fourth-order valence-corrected chi connectivity index (χ4v) is 3.45. The molecule has 2 aromatic heterocycles. The molecule has 0 saturated carbocycles. The Balaban J connectivity index is 2.00. The van der Waals surface area contributed by atoms with Crippen LogP contribution in [0.1, 0.15) is 5.56 Å². The third-order valence-corrected chi connectivity index (χ3v) is 5.04. The summed E-state index contributed by atoms with van der Waals surface area (Å²) >= 11 is 1.51. The Kier molecular flexibility index (Phi) is 4.23. The maximum atomic E-state index is 12.4. The van der Waals surface area contributed by atoms with E-state index in [1.807, 2.05) is 24.3 Å². The highest BCUT2D eigenvalue weighted by Gasteiger charge is 2.17. The Hall–Kier alpha value is -2.48. The molecule has 24 heavy (non-hydrogen) atoms. The fraction of sp³-hybridized carbons (Fsp3) is 0.312. The first-order chi connectivity index (χ1) is 11.4. The first-order valence-electron chi connectivity index (χ1n) is 7.32. The number of hydrogen-bond acceptors (Lipinski definition) is 5. The van der Waals surface area contributed by atoms with Gasteiger partial charge in [-0.1, -0.05) is 23.9 Å². The molecule has 0 saturated heterocycles. The Labute approximate surface area is 142 Å². The summed E-state index contributed by atoms with van der Waals surface area (Å²) in [7, 11) is 6.51. The lowest BCUT2D eigenvalue weighted by Crippen LogP contribution is -2.37. The zero-order chi connectivity index (χ0) is 17.4. The van der Waals surface area contributed by atoms with Crippen molar-refractivity contribution in [2.24, 2.45) is 21.1 Å². The summed E-state index contributed by atoms with van der Waals surface area (Å²) in [5, 5.41) is 0.686. The maximum absolute atomic E-state index is 12.4. The normalized spacial score (nSPS) is 11.2. The maximum Gasteiger partial charge on any atom is 0.332 e. The number of thioether (sulfide) groups is 1. The molecule has 2 heterocycles. The first-order valence-corrected chi connectivity index (χ1v) is 8.30. The molecule has 0 aliphatic carbocycles. The van der Waals surface area contributed by atoms with E-state index in [2.05, 4.69) is 4.98 Å². The monoisotopic (exact) mass is 346 g/mol. The molecule has 0 amide bonds. The highest BCUT2D eigenvalue weighted by molar-refractivity contribution is 7.98. The number of ether oxygens (including phenoxy) is 1. The minimum atomic E-state index is -0.380. The van der Waals surface area contributed by atoms with E-state index in [9.17, 15) is 9.59 Å². The van der Waals surface area contributed by atoms with Gasteiger partial charge in [0.1, 0.15) is 5.75 Å². The summed E-state index contributed by atoms with van der Waals surface area (Å²) in [6, 6.07) is 7.79. The van der Waals surface area contributed by atoms with E-state index < -0.39 is 0 Å². The SMILES string of the molecule is COc1cccc(CSc2nc3c(c(=O)n(C)c(=O)n3C)n2C)c1. The molecule has 0 fully saturated rings. The number of methoxy groups -OCH3 is 1. The molecule has 3 rings (SSSR count). The average molecular weight is 346 g/mol.